The van der Waals surface area contributed by atoms with E-state index in [1.165, 1.54) is 17.0 Å². The number of carbonyl (C=O) groups is 2. The topological polar surface area (TPSA) is 57.6 Å². The number of hydrogen-bond donors (Lipinski definition) is 2. The number of benzene rings is 1. The van der Waals surface area contributed by atoms with Gasteiger partial charge in [0.25, 0.3) is 0 Å². The largest absolute Gasteiger partial charge is 0.478 e. The highest BCUT2D eigenvalue weighted by molar-refractivity contribution is 7.81. The molecular formula is C11H10FNO3S. The van der Waals surface area contributed by atoms with E-state index in [2.05, 4.69) is 12.6 Å². The van der Waals surface area contributed by atoms with Crippen molar-refractivity contribution in [1.29, 1.82) is 0 Å². The smallest absolute Gasteiger partial charge is 0.338 e. The fourth-order valence-corrected chi connectivity index (χ4v) is 2.10. The molecule has 1 aromatic carbocycles. The number of carboxylic acids is 1. The summed E-state index contributed by atoms with van der Waals surface area (Å²) in [4.78, 5) is 23.8. The lowest BCUT2D eigenvalue weighted by Crippen LogP contribution is -2.25. The Morgan fingerprint density at radius 2 is 2.24 bits per heavy atom. The first kappa shape index (κ1) is 11.9. The van der Waals surface area contributed by atoms with E-state index in [1.807, 2.05) is 0 Å². The van der Waals surface area contributed by atoms with Crippen LogP contribution in [0.3, 0.4) is 0 Å². The first-order valence-corrected chi connectivity index (χ1v) is 5.52. The van der Waals surface area contributed by atoms with E-state index in [9.17, 15) is 14.0 Å². The molecule has 17 heavy (non-hydrogen) atoms. The lowest BCUT2D eigenvalue weighted by atomic mass is 10.2. The van der Waals surface area contributed by atoms with Crippen molar-refractivity contribution in [2.24, 2.45) is 0 Å². The molecule has 0 aromatic heterocycles. The Labute approximate surface area is 102 Å². The van der Waals surface area contributed by atoms with E-state index in [0.717, 1.165) is 6.07 Å². The fraction of sp³-hybridized carbons (Fsp3) is 0.273. The number of hydrogen-bond acceptors (Lipinski definition) is 3. The summed E-state index contributed by atoms with van der Waals surface area (Å²) in [6.45, 7) is 0.409. The number of anilines is 1. The van der Waals surface area contributed by atoms with Gasteiger partial charge in [-0.25, -0.2) is 9.18 Å². The predicted octanol–water partition coefficient (Wildman–Crippen LogP) is 1.56. The van der Waals surface area contributed by atoms with Crippen LogP contribution in [0.5, 0.6) is 0 Å². The van der Waals surface area contributed by atoms with E-state index in [1.54, 1.807) is 0 Å². The molecule has 0 spiro atoms. The molecule has 1 amide bonds. The van der Waals surface area contributed by atoms with Crippen molar-refractivity contribution >= 4 is 30.2 Å². The van der Waals surface area contributed by atoms with Gasteiger partial charge in [0, 0.05) is 23.9 Å². The lowest BCUT2D eigenvalue weighted by Gasteiger charge is -2.16. The number of aromatic carboxylic acids is 1. The summed E-state index contributed by atoms with van der Waals surface area (Å²) in [5.41, 5.74) is -0.0386. The zero-order chi connectivity index (χ0) is 12.6. The van der Waals surface area contributed by atoms with Gasteiger partial charge in [-0.1, -0.05) is 0 Å². The van der Waals surface area contributed by atoms with Crippen LogP contribution < -0.4 is 4.90 Å². The molecule has 6 heteroatoms. The quantitative estimate of drug-likeness (QED) is 0.788. The normalized spacial score (nSPS) is 19.8. The van der Waals surface area contributed by atoms with Crippen molar-refractivity contribution in [3.05, 3.63) is 29.6 Å². The summed E-state index contributed by atoms with van der Waals surface area (Å²) in [6, 6.07) is 3.62. The molecule has 1 atom stereocenters. The van der Waals surface area contributed by atoms with E-state index < -0.39 is 17.3 Å². The molecule has 4 nitrogen and oxygen atoms in total. The van der Waals surface area contributed by atoms with Crippen LogP contribution >= 0.6 is 12.6 Å². The lowest BCUT2D eigenvalue weighted by molar-refractivity contribution is -0.117. The minimum Gasteiger partial charge on any atom is -0.478 e. The van der Waals surface area contributed by atoms with Crippen LogP contribution in [-0.2, 0) is 4.79 Å². The Morgan fingerprint density at radius 1 is 1.53 bits per heavy atom. The van der Waals surface area contributed by atoms with E-state index in [0.29, 0.717) is 18.7 Å². The Balaban J connectivity index is 2.37. The minimum atomic E-state index is -1.35. The van der Waals surface area contributed by atoms with Gasteiger partial charge in [-0.05, 0) is 18.2 Å². The van der Waals surface area contributed by atoms with Gasteiger partial charge < -0.3 is 10.0 Å². The molecule has 0 aliphatic carbocycles. The average molecular weight is 255 g/mol. The van der Waals surface area contributed by atoms with Crippen LogP contribution in [-0.4, -0.2) is 28.8 Å². The van der Waals surface area contributed by atoms with Crippen LogP contribution in [0.15, 0.2) is 18.2 Å². The summed E-state index contributed by atoms with van der Waals surface area (Å²) in [6.07, 6.45) is 0.308. The molecule has 1 unspecified atom stereocenters. The van der Waals surface area contributed by atoms with Gasteiger partial charge in [0.1, 0.15) is 5.82 Å². The third-order valence-electron chi connectivity index (χ3n) is 2.60. The van der Waals surface area contributed by atoms with E-state index in [4.69, 9.17) is 5.11 Å². The molecular weight excluding hydrogens is 245 g/mol. The SMILES string of the molecule is O=C(O)c1cc(N2CC(S)CC2=O)ccc1F. The van der Waals surface area contributed by atoms with Gasteiger partial charge in [-0.2, -0.15) is 12.6 Å². The first-order valence-electron chi connectivity index (χ1n) is 5.00. The zero-order valence-electron chi connectivity index (χ0n) is 8.76. The van der Waals surface area contributed by atoms with Gasteiger partial charge in [0.15, 0.2) is 0 Å². The molecule has 0 radical (unpaired) electrons. The molecule has 1 saturated heterocycles. The van der Waals surface area contributed by atoms with Gasteiger partial charge in [-0.15, -0.1) is 0 Å². The maximum Gasteiger partial charge on any atom is 0.338 e. The zero-order valence-corrected chi connectivity index (χ0v) is 9.65. The van der Waals surface area contributed by atoms with Crippen molar-refractivity contribution in [3.63, 3.8) is 0 Å². The second-order valence-electron chi connectivity index (χ2n) is 3.83. The monoisotopic (exact) mass is 255 g/mol. The maximum atomic E-state index is 13.2. The van der Waals surface area contributed by atoms with Crippen molar-refractivity contribution in [2.45, 2.75) is 11.7 Å². The van der Waals surface area contributed by atoms with Crippen LogP contribution in [0.1, 0.15) is 16.8 Å². The molecule has 0 saturated carbocycles. The third-order valence-corrected chi connectivity index (χ3v) is 2.94. The first-order chi connectivity index (χ1) is 7.99. The van der Waals surface area contributed by atoms with Crippen LogP contribution in [0, 0.1) is 5.82 Å². The van der Waals surface area contributed by atoms with Crippen molar-refractivity contribution in [3.8, 4) is 0 Å². The molecule has 1 aliphatic rings. The molecule has 1 aromatic rings. The van der Waals surface area contributed by atoms with Crippen LogP contribution in [0.4, 0.5) is 10.1 Å². The summed E-state index contributed by atoms with van der Waals surface area (Å²) < 4.78 is 13.2. The number of nitrogens with zero attached hydrogens (tertiary/aromatic N) is 1. The second-order valence-corrected chi connectivity index (χ2v) is 4.56. The molecule has 1 aliphatic heterocycles. The highest BCUT2D eigenvalue weighted by atomic mass is 32.1. The molecule has 0 bridgehead atoms. The Morgan fingerprint density at radius 3 is 2.76 bits per heavy atom. The summed E-state index contributed by atoms with van der Waals surface area (Å²) in [5, 5.41) is 8.72. The standard InChI is InChI=1S/C11H10FNO3S/c12-9-2-1-6(3-8(9)11(15)16)13-5-7(17)4-10(13)14/h1-3,7,17H,4-5H2,(H,15,16). The molecule has 1 fully saturated rings. The number of thiol groups is 1. The Hall–Kier alpha value is -1.56. The molecule has 1 heterocycles. The number of carbonyl (C=O) groups excluding carboxylic acids is 1. The number of halogens is 1. The minimum absolute atomic E-state index is 0.0687. The molecule has 2 rings (SSSR count). The number of amides is 1. The highest BCUT2D eigenvalue weighted by Crippen LogP contribution is 2.25. The fourth-order valence-electron chi connectivity index (χ4n) is 1.78. The predicted molar refractivity (Wildman–Crippen MR) is 63.1 cm³/mol. The van der Waals surface area contributed by atoms with Gasteiger partial charge in [0.05, 0.1) is 5.56 Å². The third kappa shape index (κ3) is 2.26. The van der Waals surface area contributed by atoms with Crippen molar-refractivity contribution in [2.75, 3.05) is 11.4 Å². The van der Waals surface area contributed by atoms with E-state index >= 15 is 0 Å². The summed E-state index contributed by atoms with van der Waals surface area (Å²) >= 11 is 4.20. The molecule has 90 valence electrons. The number of carboxylic acid groups (broad SMARTS) is 1. The second kappa shape index (κ2) is 4.37. The highest BCUT2D eigenvalue weighted by Gasteiger charge is 2.29. The van der Waals surface area contributed by atoms with Crippen LogP contribution in [0.2, 0.25) is 0 Å². The summed E-state index contributed by atoms with van der Waals surface area (Å²) in [7, 11) is 0. The van der Waals surface area contributed by atoms with Gasteiger partial charge in [-0.3, -0.25) is 4.79 Å². The maximum absolute atomic E-state index is 13.2. The van der Waals surface area contributed by atoms with E-state index in [-0.39, 0.29) is 11.2 Å². The Bertz CT molecular complexity index is 492. The summed E-state index contributed by atoms with van der Waals surface area (Å²) in [5.74, 6) is -2.29. The van der Waals surface area contributed by atoms with Crippen molar-refractivity contribution < 1.29 is 19.1 Å². The average Bonchev–Trinajstić information content (AvgIpc) is 2.58. The van der Waals surface area contributed by atoms with Gasteiger partial charge in [0.2, 0.25) is 5.91 Å². The van der Waals surface area contributed by atoms with Gasteiger partial charge >= 0.3 is 5.97 Å². The van der Waals surface area contributed by atoms with Crippen molar-refractivity contribution in [1.82, 2.24) is 0 Å². The van der Waals surface area contributed by atoms with Crippen LogP contribution in [0.25, 0.3) is 0 Å². The number of rotatable bonds is 2. The molecule has 1 N–H and O–H groups in total. The Kier molecular flexibility index (Phi) is 3.06.